The van der Waals surface area contributed by atoms with E-state index < -0.39 is 6.10 Å². The van der Waals surface area contributed by atoms with Gasteiger partial charge in [-0.15, -0.1) is 0 Å². The normalized spacial score (nSPS) is 17.8. The number of aliphatic hydroxyl groups excluding tert-OH is 1. The number of aliphatic hydroxyl groups is 1. The fraction of sp³-hybridized carbons (Fsp3) is 0.556. The van der Waals surface area contributed by atoms with Gasteiger partial charge in [0.1, 0.15) is 0 Å². The molecule has 5 heteroatoms. The first-order valence-electron chi connectivity index (χ1n) is 4.64. The summed E-state index contributed by atoms with van der Waals surface area (Å²) in [4.78, 5) is 11.3. The predicted octanol–water partition coefficient (Wildman–Crippen LogP) is 0.175. The fourth-order valence-electron chi connectivity index (χ4n) is 1.26. The lowest BCUT2D eigenvalue weighted by atomic mass is 10.2. The van der Waals surface area contributed by atoms with E-state index in [1.165, 1.54) is 12.3 Å². The van der Waals surface area contributed by atoms with Crippen molar-refractivity contribution in [2.24, 2.45) is 5.92 Å². The summed E-state index contributed by atoms with van der Waals surface area (Å²) in [5.74, 6) is 0.209. The summed E-state index contributed by atoms with van der Waals surface area (Å²) >= 11 is 0. The number of nitrogens with zero attached hydrogens (tertiary/aromatic N) is 1. The van der Waals surface area contributed by atoms with Gasteiger partial charge in [0.15, 0.2) is 0 Å². The van der Waals surface area contributed by atoms with Gasteiger partial charge in [-0.2, -0.15) is 0 Å². The summed E-state index contributed by atoms with van der Waals surface area (Å²) in [5, 5.41) is 15.5. The third kappa shape index (κ3) is 2.11. The van der Waals surface area contributed by atoms with E-state index in [1.807, 2.05) is 0 Å². The number of rotatable bonds is 4. The van der Waals surface area contributed by atoms with E-state index >= 15 is 0 Å². The van der Waals surface area contributed by atoms with Gasteiger partial charge in [0.2, 0.25) is 5.76 Å². The standard InChI is InChI=1S/C9H12N2O3/c12-7(6-1-2-6)5-10-9(13)8-3-4-11-14-8/h3-4,6-7,12H,1-2,5H2,(H,10,13). The topological polar surface area (TPSA) is 75.4 Å². The van der Waals surface area contributed by atoms with Crippen LogP contribution in [0.25, 0.3) is 0 Å². The number of hydrogen-bond donors (Lipinski definition) is 2. The maximum Gasteiger partial charge on any atom is 0.289 e. The van der Waals surface area contributed by atoms with Gasteiger partial charge in [0, 0.05) is 12.6 Å². The van der Waals surface area contributed by atoms with Crippen molar-refractivity contribution in [2.45, 2.75) is 18.9 Å². The molecule has 14 heavy (non-hydrogen) atoms. The first-order chi connectivity index (χ1) is 6.77. The van der Waals surface area contributed by atoms with E-state index in [1.54, 1.807) is 0 Å². The van der Waals surface area contributed by atoms with E-state index in [4.69, 9.17) is 0 Å². The van der Waals surface area contributed by atoms with E-state index in [9.17, 15) is 9.90 Å². The van der Waals surface area contributed by atoms with Crippen molar-refractivity contribution in [3.05, 3.63) is 18.0 Å². The molecule has 1 atom stereocenters. The van der Waals surface area contributed by atoms with Crippen molar-refractivity contribution >= 4 is 5.91 Å². The van der Waals surface area contributed by atoms with E-state index in [0.29, 0.717) is 5.92 Å². The third-order valence-corrected chi connectivity index (χ3v) is 2.30. The van der Waals surface area contributed by atoms with E-state index in [2.05, 4.69) is 15.0 Å². The van der Waals surface area contributed by atoms with Gasteiger partial charge >= 0.3 is 0 Å². The molecule has 2 rings (SSSR count). The molecule has 2 N–H and O–H groups in total. The van der Waals surface area contributed by atoms with Crippen molar-refractivity contribution in [3.63, 3.8) is 0 Å². The highest BCUT2D eigenvalue weighted by molar-refractivity contribution is 5.91. The Morgan fingerprint density at radius 1 is 1.79 bits per heavy atom. The molecule has 0 aliphatic heterocycles. The van der Waals surface area contributed by atoms with Crippen LogP contribution in [0, 0.1) is 5.92 Å². The highest BCUT2D eigenvalue weighted by atomic mass is 16.5. The maximum absolute atomic E-state index is 11.3. The Morgan fingerprint density at radius 2 is 2.57 bits per heavy atom. The van der Waals surface area contributed by atoms with Gasteiger partial charge in [-0.05, 0) is 18.8 Å². The van der Waals surface area contributed by atoms with Crippen molar-refractivity contribution in [2.75, 3.05) is 6.54 Å². The van der Waals surface area contributed by atoms with Crippen LogP contribution in [0.3, 0.4) is 0 Å². The molecule has 1 aliphatic rings. The fourth-order valence-corrected chi connectivity index (χ4v) is 1.26. The zero-order chi connectivity index (χ0) is 9.97. The van der Waals surface area contributed by atoms with Crippen molar-refractivity contribution < 1.29 is 14.4 Å². The van der Waals surface area contributed by atoms with Gasteiger partial charge in [-0.3, -0.25) is 4.79 Å². The Labute approximate surface area is 81.1 Å². The van der Waals surface area contributed by atoms with Gasteiger partial charge < -0.3 is 14.9 Å². The molecule has 1 heterocycles. The molecule has 1 aromatic heterocycles. The number of nitrogens with one attached hydrogen (secondary N) is 1. The SMILES string of the molecule is O=C(NCC(O)C1CC1)c1ccno1. The van der Waals surface area contributed by atoms with Crippen LogP contribution < -0.4 is 5.32 Å². The number of hydrogen-bond acceptors (Lipinski definition) is 4. The van der Waals surface area contributed by atoms with Gasteiger partial charge in [-0.25, -0.2) is 0 Å². The third-order valence-electron chi connectivity index (χ3n) is 2.30. The minimum absolute atomic E-state index is 0.174. The molecule has 0 bridgehead atoms. The lowest BCUT2D eigenvalue weighted by molar-refractivity contribution is 0.0866. The summed E-state index contributed by atoms with van der Waals surface area (Å²) in [5.41, 5.74) is 0. The number of aromatic nitrogens is 1. The van der Waals surface area contributed by atoms with Crippen LogP contribution in [0.15, 0.2) is 16.8 Å². The second-order valence-electron chi connectivity index (χ2n) is 3.49. The quantitative estimate of drug-likeness (QED) is 0.720. The summed E-state index contributed by atoms with van der Waals surface area (Å²) in [6, 6.07) is 1.48. The van der Waals surface area contributed by atoms with Crippen molar-refractivity contribution in [3.8, 4) is 0 Å². The Kier molecular flexibility index (Phi) is 2.49. The van der Waals surface area contributed by atoms with E-state index in [-0.39, 0.29) is 18.2 Å². The van der Waals surface area contributed by atoms with Crippen molar-refractivity contribution in [1.29, 1.82) is 0 Å². The zero-order valence-electron chi connectivity index (χ0n) is 7.64. The Bertz CT molecular complexity index is 306. The molecule has 1 amide bonds. The first kappa shape index (κ1) is 9.21. The Balaban J connectivity index is 1.77. The smallest absolute Gasteiger partial charge is 0.289 e. The molecule has 1 aliphatic carbocycles. The Morgan fingerprint density at radius 3 is 3.14 bits per heavy atom. The molecule has 1 fully saturated rings. The van der Waals surface area contributed by atoms with Crippen LogP contribution in [-0.2, 0) is 0 Å². The lowest BCUT2D eigenvalue weighted by Gasteiger charge is -2.08. The molecule has 5 nitrogen and oxygen atoms in total. The minimum Gasteiger partial charge on any atom is -0.391 e. The van der Waals surface area contributed by atoms with Crippen LogP contribution in [0.4, 0.5) is 0 Å². The molecule has 76 valence electrons. The van der Waals surface area contributed by atoms with Crippen LogP contribution in [0.5, 0.6) is 0 Å². The first-order valence-corrected chi connectivity index (χ1v) is 4.64. The molecule has 0 radical (unpaired) electrons. The number of carbonyl (C=O) groups excluding carboxylic acids is 1. The summed E-state index contributed by atoms with van der Waals surface area (Å²) in [6.07, 6.45) is 3.09. The minimum atomic E-state index is -0.429. The average Bonchev–Trinajstić information content (AvgIpc) is 2.90. The lowest BCUT2D eigenvalue weighted by Crippen LogP contribution is -2.32. The van der Waals surface area contributed by atoms with Crippen LogP contribution >= 0.6 is 0 Å². The van der Waals surface area contributed by atoms with Crippen molar-refractivity contribution in [1.82, 2.24) is 10.5 Å². The molecule has 1 aromatic rings. The maximum atomic E-state index is 11.3. The summed E-state index contributed by atoms with van der Waals surface area (Å²) in [7, 11) is 0. The van der Waals surface area contributed by atoms with Crippen LogP contribution in [0.2, 0.25) is 0 Å². The molecule has 1 saturated carbocycles. The highest BCUT2D eigenvalue weighted by Crippen LogP contribution is 2.32. The second-order valence-corrected chi connectivity index (χ2v) is 3.49. The van der Waals surface area contributed by atoms with Gasteiger partial charge in [0.25, 0.3) is 5.91 Å². The molecule has 0 spiro atoms. The highest BCUT2D eigenvalue weighted by Gasteiger charge is 2.29. The molecule has 1 unspecified atom stereocenters. The van der Waals surface area contributed by atoms with Crippen LogP contribution in [-0.4, -0.2) is 28.8 Å². The average molecular weight is 196 g/mol. The molecular weight excluding hydrogens is 184 g/mol. The number of amides is 1. The summed E-state index contributed by atoms with van der Waals surface area (Å²) in [6.45, 7) is 0.282. The molecule has 0 saturated heterocycles. The zero-order valence-corrected chi connectivity index (χ0v) is 7.64. The van der Waals surface area contributed by atoms with Gasteiger partial charge in [-0.1, -0.05) is 5.16 Å². The monoisotopic (exact) mass is 196 g/mol. The van der Waals surface area contributed by atoms with E-state index in [0.717, 1.165) is 12.8 Å². The number of carbonyl (C=O) groups is 1. The Hall–Kier alpha value is -1.36. The largest absolute Gasteiger partial charge is 0.391 e. The second kappa shape index (κ2) is 3.79. The predicted molar refractivity (Wildman–Crippen MR) is 47.6 cm³/mol. The molecule has 0 aromatic carbocycles. The van der Waals surface area contributed by atoms with Crippen LogP contribution in [0.1, 0.15) is 23.4 Å². The molecular formula is C9H12N2O3. The van der Waals surface area contributed by atoms with Gasteiger partial charge in [0.05, 0.1) is 12.3 Å². The summed E-state index contributed by atoms with van der Waals surface area (Å²) < 4.78 is 4.66.